The van der Waals surface area contributed by atoms with E-state index in [4.69, 9.17) is 17.3 Å². The first-order valence-corrected chi connectivity index (χ1v) is 10.3. The average Bonchev–Trinajstić information content (AvgIpc) is 3.12. The largest absolute Gasteiger partial charge is 0.573 e. The second-order valence-corrected chi connectivity index (χ2v) is 7.89. The number of benzene rings is 2. The van der Waals surface area contributed by atoms with Crippen LogP contribution < -0.4 is 10.5 Å². The summed E-state index contributed by atoms with van der Waals surface area (Å²) in [7, 11) is 0. The zero-order valence-electron chi connectivity index (χ0n) is 17.1. The number of nitrogens with zero attached hydrogens (tertiary/aromatic N) is 3. The third kappa shape index (κ3) is 5.11. The Balaban J connectivity index is 1.56. The topological polar surface area (TPSA) is 90.5 Å². The van der Waals surface area contributed by atoms with Crippen LogP contribution in [0, 0.1) is 0 Å². The van der Waals surface area contributed by atoms with E-state index in [0.29, 0.717) is 40.6 Å². The lowest BCUT2D eigenvalue weighted by Gasteiger charge is -2.28. The molecule has 0 unspecified atom stereocenters. The lowest BCUT2D eigenvalue weighted by Crippen LogP contribution is -2.40. The van der Waals surface area contributed by atoms with Crippen LogP contribution in [0.3, 0.4) is 0 Å². The van der Waals surface area contributed by atoms with Crippen LogP contribution in [0.4, 0.5) is 13.2 Å². The van der Waals surface area contributed by atoms with E-state index >= 15 is 0 Å². The molecule has 1 aliphatic rings. The fourth-order valence-corrected chi connectivity index (χ4v) is 3.96. The first-order valence-electron chi connectivity index (χ1n) is 9.88. The van der Waals surface area contributed by atoms with Crippen molar-refractivity contribution in [2.45, 2.75) is 25.9 Å². The molecule has 0 fully saturated rings. The molecule has 0 radical (unpaired) electrons. The summed E-state index contributed by atoms with van der Waals surface area (Å²) in [5.41, 5.74) is 7.71. The Bertz CT molecular complexity index is 1230. The standard InChI is InChI=1S/C22H18ClF3N4O3/c23-15-5-2-4-14(11-15)20-19(21(27)32)17-12-29(7-8-30(17)28-20)18(31)10-13-3-1-6-16(9-13)33-22(24,25)26/h1-6,9,11H,7-8,10,12H2,(H2,27,32). The first kappa shape index (κ1) is 22.7. The lowest BCUT2D eigenvalue weighted by atomic mass is 10.0. The van der Waals surface area contributed by atoms with Gasteiger partial charge in [0.15, 0.2) is 0 Å². The van der Waals surface area contributed by atoms with Crippen molar-refractivity contribution < 1.29 is 27.5 Å². The quantitative estimate of drug-likeness (QED) is 0.604. The van der Waals surface area contributed by atoms with Gasteiger partial charge in [-0.1, -0.05) is 35.9 Å². The van der Waals surface area contributed by atoms with Crippen molar-refractivity contribution in [2.24, 2.45) is 5.73 Å². The predicted molar refractivity (Wildman–Crippen MR) is 113 cm³/mol. The minimum Gasteiger partial charge on any atom is -0.406 e. The summed E-state index contributed by atoms with van der Waals surface area (Å²) in [6.45, 7) is 0.738. The second-order valence-electron chi connectivity index (χ2n) is 7.46. The Hall–Kier alpha value is -3.53. The lowest BCUT2D eigenvalue weighted by molar-refractivity contribution is -0.274. The summed E-state index contributed by atoms with van der Waals surface area (Å²) < 4.78 is 42.9. The van der Waals surface area contributed by atoms with Crippen LogP contribution in [0.25, 0.3) is 11.3 Å². The maximum atomic E-state index is 12.9. The minimum absolute atomic E-state index is 0.0867. The van der Waals surface area contributed by atoms with Crippen molar-refractivity contribution in [3.05, 3.63) is 70.4 Å². The summed E-state index contributed by atoms with van der Waals surface area (Å²) in [4.78, 5) is 26.7. The summed E-state index contributed by atoms with van der Waals surface area (Å²) in [6, 6.07) is 12.1. The van der Waals surface area contributed by atoms with E-state index in [1.165, 1.54) is 17.0 Å². The predicted octanol–water partition coefficient (Wildman–Crippen LogP) is 3.79. The molecule has 0 aliphatic carbocycles. The van der Waals surface area contributed by atoms with E-state index in [1.54, 1.807) is 35.0 Å². The summed E-state index contributed by atoms with van der Waals surface area (Å²) >= 11 is 6.07. The number of ether oxygens (including phenoxy) is 1. The van der Waals surface area contributed by atoms with Gasteiger partial charge in [-0.3, -0.25) is 14.3 Å². The number of aromatic nitrogens is 2. The molecule has 0 spiro atoms. The Labute approximate surface area is 191 Å². The number of fused-ring (bicyclic) bond motifs is 1. The van der Waals surface area contributed by atoms with Crippen LogP contribution in [-0.2, 0) is 24.3 Å². The van der Waals surface area contributed by atoms with E-state index in [-0.39, 0.29) is 24.4 Å². The highest BCUT2D eigenvalue weighted by Gasteiger charge is 2.32. The zero-order chi connectivity index (χ0) is 23.8. The maximum Gasteiger partial charge on any atom is 0.573 e. The van der Waals surface area contributed by atoms with E-state index in [9.17, 15) is 22.8 Å². The number of rotatable bonds is 5. The summed E-state index contributed by atoms with van der Waals surface area (Å²) in [5, 5.41) is 4.98. The van der Waals surface area contributed by atoms with Crippen molar-refractivity contribution in [2.75, 3.05) is 6.54 Å². The normalized spacial score (nSPS) is 13.5. The van der Waals surface area contributed by atoms with E-state index in [1.807, 2.05) is 0 Å². The van der Waals surface area contributed by atoms with Crippen LogP contribution in [0.1, 0.15) is 21.6 Å². The Morgan fingerprint density at radius 1 is 1.12 bits per heavy atom. The molecule has 3 aromatic rings. The van der Waals surface area contributed by atoms with Gasteiger partial charge in [0.1, 0.15) is 11.4 Å². The smallest absolute Gasteiger partial charge is 0.406 e. The number of hydrogen-bond donors (Lipinski definition) is 1. The number of carbonyl (C=O) groups excluding carboxylic acids is 2. The van der Waals surface area contributed by atoms with Crippen molar-refractivity contribution in [1.29, 1.82) is 0 Å². The van der Waals surface area contributed by atoms with Crippen molar-refractivity contribution in [1.82, 2.24) is 14.7 Å². The molecule has 172 valence electrons. The third-order valence-electron chi connectivity index (χ3n) is 5.16. The van der Waals surface area contributed by atoms with Crippen LogP contribution >= 0.6 is 11.6 Å². The molecule has 0 bridgehead atoms. The minimum atomic E-state index is -4.82. The van der Waals surface area contributed by atoms with Gasteiger partial charge in [0, 0.05) is 17.1 Å². The van der Waals surface area contributed by atoms with Gasteiger partial charge < -0.3 is 15.4 Å². The number of amides is 2. The van der Waals surface area contributed by atoms with E-state index < -0.39 is 18.0 Å². The number of halogens is 4. The Morgan fingerprint density at radius 2 is 1.88 bits per heavy atom. The molecule has 2 N–H and O–H groups in total. The molecule has 0 saturated carbocycles. The van der Waals surface area contributed by atoms with E-state index in [2.05, 4.69) is 9.84 Å². The van der Waals surface area contributed by atoms with Crippen molar-refractivity contribution in [3.8, 4) is 17.0 Å². The molecule has 1 aliphatic heterocycles. The first-order chi connectivity index (χ1) is 15.6. The fraction of sp³-hybridized carbons (Fsp3) is 0.227. The summed E-state index contributed by atoms with van der Waals surface area (Å²) in [5.74, 6) is -1.39. The molecular formula is C22H18ClF3N4O3. The molecule has 7 nitrogen and oxygen atoms in total. The van der Waals surface area contributed by atoms with Gasteiger partial charge >= 0.3 is 6.36 Å². The number of carbonyl (C=O) groups is 2. The van der Waals surface area contributed by atoms with Crippen LogP contribution in [0.5, 0.6) is 5.75 Å². The molecule has 0 saturated heterocycles. The zero-order valence-corrected chi connectivity index (χ0v) is 17.9. The van der Waals surface area contributed by atoms with E-state index in [0.717, 1.165) is 6.07 Å². The van der Waals surface area contributed by atoms with Gasteiger partial charge in [0.05, 0.1) is 30.8 Å². The van der Waals surface area contributed by atoms with Crippen molar-refractivity contribution >= 4 is 23.4 Å². The molecule has 2 aromatic carbocycles. The SMILES string of the molecule is NC(=O)c1c(-c2cccc(Cl)c2)nn2c1CN(C(=O)Cc1cccc(OC(F)(F)F)c1)CC2. The number of alkyl halides is 3. The highest BCUT2D eigenvalue weighted by molar-refractivity contribution is 6.30. The van der Waals surface area contributed by atoms with Crippen LogP contribution in [0.2, 0.25) is 5.02 Å². The summed E-state index contributed by atoms with van der Waals surface area (Å²) in [6.07, 6.45) is -4.95. The second kappa shape index (κ2) is 8.78. The molecule has 33 heavy (non-hydrogen) atoms. The number of nitrogens with two attached hydrogens (primary N) is 1. The third-order valence-corrected chi connectivity index (χ3v) is 5.40. The highest BCUT2D eigenvalue weighted by atomic mass is 35.5. The maximum absolute atomic E-state index is 12.9. The Morgan fingerprint density at radius 3 is 2.58 bits per heavy atom. The fourth-order valence-electron chi connectivity index (χ4n) is 3.77. The molecule has 2 amide bonds. The Kier molecular flexibility index (Phi) is 6.03. The molecule has 4 rings (SSSR count). The van der Waals surface area contributed by atoms with Gasteiger partial charge in [-0.25, -0.2) is 0 Å². The molecule has 1 aromatic heterocycles. The number of hydrogen-bond acceptors (Lipinski definition) is 4. The molecular weight excluding hydrogens is 461 g/mol. The molecule has 0 atom stereocenters. The van der Waals surface area contributed by atoms with Gasteiger partial charge in [0.25, 0.3) is 5.91 Å². The highest BCUT2D eigenvalue weighted by Crippen LogP contribution is 2.30. The van der Waals surface area contributed by atoms with Gasteiger partial charge in [0.2, 0.25) is 5.91 Å². The molecule has 2 heterocycles. The monoisotopic (exact) mass is 478 g/mol. The van der Waals surface area contributed by atoms with Crippen LogP contribution in [0.15, 0.2) is 48.5 Å². The van der Waals surface area contributed by atoms with Crippen LogP contribution in [-0.4, -0.2) is 39.4 Å². The van der Waals surface area contributed by atoms with Crippen molar-refractivity contribution in [3.63, 3.8) is 0 Å². The van der Waals surface area contributed by atoms with Gasteiger partial charge in [-0.15, -0.1) is 13.2 Å². The van der Waals surface area contributed by atoms with Gasteiger partial charge in [-0.05, 0) is 29.8 Å². The van der Waals surface area contributed by atoms with Gasteiger partial charge in [-0.2, -0.15) is 5.10 Å². The number of primary amides is 1. The molecule has 11 heteroatoms. The average molecular weight is 479 g/mol.